The van der Waals surface area contributed by atoms with Crippen molar-refractivity contribution >= 4 is 34.6 Å². The second-order valence-corrected chi connectivity index (χ2v) is 7.89. The van der Waals surface area contributed by atoms with Crippen LogP contribution in [-0.4, -0.2) is 32.3 Å². The van der Waals surface area contributed by atoms with E-state index in [4.69, 9.17) is 17.0 Å². The van der Waals surface area contributed by atoms with Gasteiger partial charge in [-0.1, -0.05) is 29.5 Å². The van der Waals surface area contributed by atoms with Crippen LogP contribution in [0.15, 0.2) is 36.9 Å². The Hall–Kier alpha value is -2.78. The minimum atomic E-state index is -0.0944. The van der Waals surface area contributed by atoms with Gasteiger partial charge < -0.3 is 10.1 Å². The molecule has 0 unspecified atom stereocenters. The van der Waals surface area contributed by atoms with Crippen LogP contribution in [0, 0.1) is 18.6 Å². The molecule has 3 aromatic rings. The van der Waals surface area contributed by atoms with Crippen LogP contribution in [-0.2, 0) is 11.3 Å². The number of aromatic nitrogens is 4. The molecule has 152 valence electrons. The summed E-state index contributed by atoms with van der Waals surface area (Å²) in [6, 6.07) is 7.85. The molecule has 0 saturated carbocycles. The number of carbonyl (C=O) groups is 1. The molecule has 7 nitrogen and oxygen atoms in total. The van der Waals surface area contributed by atoms with Crippen molar-refractivity contribution in [1.82, 2.24) is 19.7 Å². The Labute approximate surface area is 178 Å². The lowest BCUT2D eigenvalue weighted by atomic mass is 10.2. The summed E-state index contributed by atoms with van der Waals surface area (Å²) in [4.78, 5) is 17.6. The molecule has 29 heavy (non-hydrogen) atoms. The van der Waals surface area contributed by atoms with E-state index in [0.717, 1.165) is 21.9 Å². The van der Waals surface area contributed by atoms with Crippen LogP contribution in [0.25, 0.3) is 10.7 Å². The fraction of sp³-hybridized carbons (Fsp3) is 0.300. The highest BCUT2D eigenvalue weighted by atomic mass is 32.1. The molecule has 9 heteroatoms. The minimum Gasteiger partial charge on any atom is -0.494 e. The Morgan fingerprint density at radius 3 is 3.03 bits per heavy atom. The predicted octanol–water partition coefficient (Wildman–Crippen LogP) is 4.66. The molecule has 2 N–H and O–H groups in total. The van der Waals surface area contributed by atoms with Crippen molar-refractivity contribution in [2.75, 3.05) is 11.9 Å². The molecule has 0 bridgehead atoms. The third-order valence-electron chi connectivity index (χ3n) is 4.12. The summed E-state index contributed by atoms with van der Waals surface area (Å²) < 4.78 is 8.05. The second-order valence-electron chi connectivity index (χ2n) is 6.50. The number of aromatic amines is 1. The number of amides is 1. The van der Waals surface area contributed by atoms with E-state index in [1.165, 1.54) is 11.3 Å². The Bertz CT molecular complexity index is 1070. The van der Waals surface area contributed by atoms with Gasteiger partial charge in [0.05, 0.1) is 17.2 Å². The number of nitrogens with zero attached hydrogens (tertiary/aromatic N) is 3. The number of aryl methyl sites for hydroxylation is 2. The Balaban J connectivity index is 1.56. The van der Waals surface area contributed by atoms with Crippen LogP contribution in [0.3, 0.4) is 0 Å². The zero-order chi connectivity index (χ0) is 20.8. The molecule has 0 saturated heterocycles. The predicted molar refractivity (Wildman–Crippen MR) is 118 cm³/mol. The number of anilines is 1. The third kappa shape index (κ3) is 5.39. The smallest absolute Gasteiger partial charge is 0.226 e. The molecular weight excluding hydrogens is 406 g/mol. The molecule has 2 aromatic heterocycles. The van der Waals surface area contributed by atoms with Gasteiger partial charge >= 0.3 is 0 Å². The van der Waals surface area contributed by atoms with Gasteiger partial charge in [-0.25, -0.2) is 4.98 Å². The van der Waals surface area contributed by atoms with Gasteiger partial charge in [0.15, 0.2) is 15.7 Å². The normalized spacial score (nSPS) is 10.7. The molecule has 0 aliphatic rings. The molecule has 0 aliphatic heterocycles. The van der Waals surface area contributed by atoms with E-state index in [2.05, 4.69) is 27.1 Å². The van der Waals surface area contributed by atoms with Gasteiger partial charge in [0.25, 0.3) is 0 Å². The quantitative estimate of drug-likeness (QED) is 0.293. The van der Waals surface area contributed by atoms with E-state index in [0.29, 0.717) is 41.7 Å². The van der Waals surface area contributed by atoms with Gasteiger partial charge in [-0.15, -0.1) is 6.58 Å². The minimum absolute atomic E-state index is 0.0944. The highest BCUT2D eigenvalue weighted by Gasteiger charge is 2.17. The highest BCUT2D eigenvalue weighted by Crippen LogP contribution is 2.31. The van der Waals surface area contributed by atoms with Gasteiger partial charge in [0.1, 0.15) is 5.75 Å². The van der Waals surface area contributed by atoms with E-state index in [-0.39, 0.29) is 5.91 Å². The van der Waals surface area contributed by atoms with Crippen molar-refractivity contribution in [1.29, 1.82) is 0 Å². The fourth-order valence-electron chi connectivity index (χ4n) is 2.76. The van der Waals surface area contributed by atoms with Crippen LogP contribution in [0.4, 0.5) is 5.13 Å². The summed E-state index contributed by atoms with van der Waals surface area (Å²) in [5.41, 5.74) is 1.93. The average Bonchev–Trinajstić information content (AvgIpc) is 3.21. The molecule has 0 fully saturated rings. The summed E-state index contributed by atoms with van der Waals surface area (Å²) >= 11 is 6.63. The largest absolute Gasteiger partial charge is 0.494 e. The summed E-state index contributed by atoms with van der Waals surface area (Å²) in [5.74, 6) is 1.42. The van der Waals surface area contributed by atoms with Crippen LogP contribution >= 0.6 is 23.6 Å². The molecule has 1 aromatic carbocycles. The number of carbonyl (C=O) groups excluding carboxylic acids is 1. The summed E-state index contributed by atoms with van der Waals surface area (Å²) in [7, 11) is 0. The molecular formula is C20H23N5O2S2. The summed E-state index contributed by atoms with van der Waals surface area (Å²) in [5, 5.41) is 10.5. The zero-order valence-electron chi connectivity index (χ0n) is 16.4. The van der Waals surface area contributed by atoms with Crippen molar-refractivity contribution in [3.63, 3.8) is 0 Å². The summed E-state index contributed by atoms with van der Waals surface area (Å²) in [6.45, 7) is 8.68. The van der Waals surface area contributed by atoms with Crippen LogP contribution in [0.5, 0.6) is 5.75 Å². The van der Waals surface area contributed by atoms with Crippen molar-refractivity contribution in [2.45, 2.75) is 33.2 Å². The van der Waals surface area contributed by atoms with E-state index in [1.54, 1.807) is 6.08 Å². The van der Waals surface area contributed by atoms with Crippen molar-refractivity contribution in [3.05, 3.63) is 52.9 Å². The van der Waals surface area contributed by atoms with Crippen LogP contribution < -0.4 is 10.1 Å². The first kappa shape index (κ1) is 20.9. The molecule has 1 amide bonds. The van der Waals surface area contributed by atoms with Crippen molar-refractivity contribution in [2.24, 2.45) is 0 Å². The Morgan fingerprint density at radius 2 is 2.28 bits per heavy atom. The Morgan fingerprint density at radius 1 is 1.45 bits per heavy atom. The number of H-pyrrole nitrogens is 1. The van der Waals surface area contributed by atoms with E-state index in [9.17, 15) is 4.79 Å². The average molecular weight is 430 g/mol. The summed E-state index contributed by atoms with van der Waals surface area (Å²) in [6.07, 6.45) is 2.73. The maximum atomic E-state index is 12.3. The number of thiazole rings is 1. The Kier molecular flexibility index (Phi) is 6.95. The van der Waals surface area contributed by atoms with E-state index >= 15 is 0 Å². The van der Waals surface area contributed by atoms with Gasteiger partial charge in [-0.2, -0.15) is 5.10 Å². The van der Waals surface area contributed by atoms with E-state index in [1.807, 2.05) is 42.7 Å². The number of rotatable bonds is 9. The maximum absolute atomic E-state index is 12.3. The maximum Gasteiger partial charge on any atom is 0.226 e. The molecule has 0 atom stereocenters. The number of nitrogens with one attached hydrogen (secondary N) is 2. The zero-order valence-corrected chi connectivity index (χ0v) is 18.0. The lowest BCUT2D eigenvalue weighted by Crippen LogP contribution is -2.12. The van der Waals surface area contributed by atoms with Crippen molar-refractivity contribution in [3.8, 4) is 16.5 Å². The number of benzene rings is 1. The highest BCUT2D eigenvalue weighted by molar-refractivity contribution is 7.71. The van der Waals surface area contributed by atoms with Crippen molar-refractivity contribution < 1.29 is 9.53 Å². The van der Waals surface area contributed by atoms with E-state index < -0.39 is 0 Å². The number of hydrogen-bond donors (Lipinski definition) is 2. The first-order chi connectivity index (χ1) is 14.0. The standard InChI is InChI=1S/C20H23N5O2S2/c1-4-10-25-18(23-24-20(25)28)17-14(3)21-19(29-17)22-16(26)9-6-11-27-15-8-5-7-13(2)12-15/h4-5,7-8,12H,1,6,9-11H2,2-3H3,(H,24,28)(H,21,22,26). The molecule has 0 radical (unpaired) electrons. The topological polar surface area (TPSA) is 84.8 Å². The first-order valence-electron chi connectivity index (χ1n) is 9.21. The molecule has 2 heterocycles. The van der Waals surface area contributed by atoms with Gasteiger partial charge in [0.2, 0.25) is 5.91 Å². The molecule has 0 spiro atoms. The van der Waals surface area contributed by atoms with Crippen LogP contribution in [0.1, 0.15) is 24.1 Å². The van der Waals surface area contributed by atoms with Gasteiger partial charge in [-0.3, -0.25) is 14.5 Å². The lowest BCUT2D eigenvalue weighted by molar-refractivity contribution is -0.116. The van der Waals surface area contributed by atoms with Gasteiger partial charge in [-0.05, 0) is 50.2 Å². The number of ether oxygens (including phenoxy) is 1. The second kappa shape index (κ2) is 9.62. The third-order valence-corrected chi connectivity index (χ3v) is 5.50. The fourth-order valence-corrected chi connectivity index (χ4v) is 3.94. The number of allylic oxidation sites excluding steroid dienone is 1. The van der Waals surface area contributed by atoms with Crippen LogP contribution in [0.2, 0.25) is 0 Å². The first-order valence-corrected chi connectivity index (χ1v) is 10.4. The molecule has 3 rings (SSSR count). The monoisotopic (exact) mass is 429 g/mol. The SMILES string of the molecule is C=CCn1c(-c2sc(NC(=O)CCCOc3cccc(C)c3)nc2C)n[nH]c1=S. The molecule has 0 aliphatic carbocycles. The number of hydrogen-bond acceptors (Lipinski definition) is 6. The van der Waals surface area contributed by atoms with Gasteiger partial charge in [0, 0.05) is 13.0 Å². The lowest BCUT2D eigenvalue weighted by Gasteiger charge is -2.06.